The summed E-state index contributed by atoms with van der Waals surface area (Å²) in [6, 6.07) is 7.61. The summed E-state index contributed by atoms with van der Waals surface area (Å²) < 4.78 is 10.4. The van der Waals surface area contributed by atoms with Crippen LogP contribution in [-0.2, 0) is 9.53 Å². The van der Waals surface area contributed by atoms with Gasteiger partial charge in [-0.3, -0.25) is 0 Å². The molecule has 1 aromatic carbocycles. The predicted molar refractivity (Wildman–Crippen MR) is 60.5 cm³/mol. The molecule has 16 heavy (non-hydrogen) atoms. The van der Waals surface area contributed by atoms with Crippen molar-refractivity contribution in [3.05, 3.63) is 29.8 Å². The van der Waals surface area contributed by atoms with E-state index in [2.05, 4.69) is 16.0 Å². The van der Waals surface area contributed by atoms with Crippen LogP contribution in [-0.4, -0.2) is 29.1 Å². The van der Waals surface area contributed by atoms with Gasteiger partial charge in [-0.2, -0.15) is 0 Å². The van der Waals surface area contributed by atoms with Crippen molar-refractivity contribution in [2.45, 2.75) is 17.8 Å². The van der Waals surface area contributed by atoms with E-state index in [0.29, 0.717) is 0 Å². The summed E-state index contributed by atoms with van der Waals surface area (Å²) in [5.41, 5.74) is 1.00. The van der Waals surface area contributed by atoms with Crippen LogP contribution in [0.2, 0.25) is 4.82 Å². The molecule has 1 fully saturated rings. The van der Waals surface area contributed by atoms with E-state index in [1.54, 1.807) is 7.11 Å². The molecule has 3 atom stereocenters. The van der Waals surface area contributed by atoms with Crippen LogP contribution in [0, 0.1) is 5.92 Å². The van der Waals surface area contributed by atoms with Crippen molar-refractivity contribution in [1.82, 2.24) is 0 Å². The third-order valence-electron chi connectivity index (χ3n) is 2.85. The SMILES string of the molecule is COc1ccc(C2OC(=O)C(C)C2[Se])cc1. The third kappa shape index (κ3) is 1.95. The Kier molecular flexibility index (Phi) is 3.22. The van der Waals surface area contributed by atoms with Gasteiger partial charge in [-0.1, -0.05) is 0 Å². The minimum atomic E-state index is -0.173. The quantitative estimate of drug-likeness (QED) is 0.614. The van der Waals surface area contributed by atoms with Crippen LogP contribution in [0.25, 0.3) is 0 Å². The molecule has 1 aliphatic heterocycles. The van der Waals surface area contributed by atoms with E-state index in [-0.39, 0.29) is 22.8 Å². The fourth-order valence-corrected chi connectivity index (χ4v) is 2.43. The standard InChI is InChI=1S/C12H13O3Se/c1-7-11(16)10(15-12(7)13)8-3-5-9(14-2)6-4-8/h3-7,10-11H,1-2H3. The number of benzene rings is 1. The second kappa shape index (κ2) is 4.48. The fourth-order valence-electron chi connectivity index (χ4n) is 1.75. The van der Waals surface area contributed by atoms with Crippen LogP contribution in [0.4, 0.5) is 0 Å². The van der Waals surface area contributed by atoms with E-state index in [0.717, 1.165) is 11.3 Å². The van der Waals surface area contributed by atoms with Crippen LogP contribution >= 0.6 is 0 Å². The number of methoxy groups -OCH3 is 1. The Balaban J connectivity index is 2.21. The number of hydrogen-bond donors (Lipinski definition) is 0. The summed E-state index contributed by atoms with van der Waals surface area (Å²) in [5.74, 6) is 0.592. The summed E-state index contributed by atoms with van der Waals surface area (Å²) >= 11 is 3.02. The minimum absolute atomic E-state index is 0.0768. The van der Waals surface area contributed by atoms with Gasteiger partial charge in [0, 0.05) is 0 Å². The number of carbonyl (C=O) groups is 1. The Bertz CT molecular complexity index is 388. The van der Waals surface area contributed by atoms with Crippen LogP contribution in [0.3, 0.4) is 0 Å². The molecule has 1 aliphatic rings. The molecule has 0 N–H and O–H groups in total. The molecule has 0 aliphatic carbocycles. The summed E-state index contributed by atoms with van der Waals surface area (Å²) in [4.78, 5) is 11.5. The molecule has 1 heterocycles. The van der Waals surface area contributed by atoms with Gasteiger partial charge in [0.2, 0.25) is 0 Å². The summed E-state index contributed by atoms with van der Waals surface area (Å²) in [7, 11) is 1.63. The van der Waals surface area contributed by atoms with Gasteiger partial charge in [0.15, 0.2) is 0 Å². The first-order valence-electron chi connectivity index (χ1n) is 5.13. The molecule has 0 spiro atoms. The molecule has 1 radical (unpaired) electrons. The van der Waals surface area contributed by atoms with E-state index in [1.807, 2.05) is 31.2 Å². The van der Waals surface area contributed by atoms with E-state index in [1.165, 1.54) is 0 Å². The van der Waals surface area contributed by atoms with Crippen LogP contribution < -0.4 is 4.74 Å². The van der Waals surface area contributed by atoms with E-state index < -0.39 is 0 Å². The predicted octanol–water partition coefficient (Wildman–Crippen LogP) is 1.89. The maximum absolute atomic E-state index is 11.4. The average Bonchev–Trinajstić information content (AvgIpc) is 2.57. The Hall–Kier alpha value is -0.991. The van der Waals surface area contributed by atoms with Crippen molar-refractivity contribution < 1.29 is 14.3 Å². The zero-order valence-electron chi connectivity index (χ0n) is 9.17. The number of carbonyl (C=O) groups excluding carboxylic acids is 1. The van der Waals surface area contributed by atoms with E-state index in [9.17, 15) is 4.79 Å². The van der Waals surface area contributed by atoms with Gasteiger partial charge < -0.3 is 0 Å². The monoisotopic (exact) mass is 285 g/mol. The number of hydrogen-bond acceptors (Lipinski definition) is 3. The number of esters is 1. The Morgan fingerprint density at radius 3 is 2.38 bits per heavy atom. The first kappa shape index (κ1) is 11.5. The van der Waals surface area contributed by atoms with Crippen LogP contribution in [0.5, 0.6) is 5.75 Å². The molecule has 0 aromatic heterocycles. The fraction of sp³-hybridized carbons (Fsp3) is 0.417. The van der Waals surface area contributed by atoms with Crippen molar-refractivity contribution in [2.24, 2.45) is 5.92 Å². The number of rotatable bonds is 2. The molecule has 4 heteroatoms. The van der Waals surface area contributed by atoms with Gasteiger partial charge in [-0.25, -0.2) is 0 Å². The molecule has 1 aromatic rings. The van der Waals surface area contributed by atoms with E-state index in [4.69, 9.17) is 9.47 Å². The summed E-state index contributed by atoms with van der Waals surface area (Å²) in [6.07, 6.45) is -0.173. The molecule has 2 rings (SSSR count). The summed E-state index contributed by atoms with van der Waals surface area (Å²) in [6.45, 7) is 1.88. The van der Waals surface area contributed by atoms with Crippen molar-refractivity contribution in [1.29, 1.82) is 0 Å². The zero-order chi connectivity index (χ0) is 11.7. The third-order valence-corrected chi connectivity index (χ3v) is 4.23. The molecule has 0 saturated carbocycles. The molecular formula is C12H13O3Se. The van der Waals surface area contributed by atoms with Crippen molar-refractivity contribution in [3.8, 4) is 5.75 Å². The Morgan fingerprint density at radius 1 is 1.31 bits per heavy atom. The molecule has 1 saturated heterocycles. The molecule has 0 bridgehead atoms. The average molecular weight is 284 g/mol. The van der Waals surface area contributed by atoms with Crippen molar-refractivity contribution >= 4 is 22.0 Å². The van der Waals surface area contributed by atoms with Crippen LogP contribution in [0.15, 0.2) is 24.3 Å². The molecular weight excluding hydrogens is 271 g/mol. The van der Waals surface area contributed by atoms with Crippen molar-refractivity contribution in [2.75, 3.05) is 7.11 Å². The van der Waals surface area contributed by atoms with Crippen LogP contribution in [0.1, 0.15) is 18.6 Å². The first-order valence-corrected chi connectivity index (χ1v) is 6.12. The Morgan fingerprint density at radius 2 is 1.94 bits per heavy atom. The first-order chi connectivity index (χ1) is 7.63. The van der Waals surface area contributed by atoms with Gasteiger partial charge in [0.25, 0.3) is 0 Å². The van der Waals surface area contributed by atoms with Crippen molar-refractivity contribution in [3.63, 3.8) is 0 Å². The zero-order valence-corrected chi connectivity index (χ0v) is 10.9. The van der Waals surface area contributed by atoms with Gasteiger partial charge in [0.05, 0.1) is 0 Å². The van der Waals surface area contributed by atoms with Gasteiger partial charge in [-0.05, 0) is 0 Å². The molecule has 3 unspecified atom stereocenters. The number of cyclic esters (lactones) is 1. The summed E-state index contributed by atoms with van der Waals surface area (Å²) in [5, 5.41) is 0. The van der Waals surface area contributed by atoms with Gasteiger partial charge in [0.1, 0.15) is 0 Å². The number of ether oxygens (including phenoxy) is 2. The maximum atomic E-state index is 11.4. The second-order valence-electron chi connectivity index (χ2n) is 3.88. The second-order valence-corrected chi connectivity index (χ2v) is 5.03. The molecule has 3 nitrogen and oxygen atoms in total. The van der Waals surface area contributed by atoms with Gasteiger partial charge >= 0.3 is 103 Å². The Labute approximate surface area is 103 Å². The molecule has 0 amide bonds. The van der Waals surface area contributed by atoms with E-state index >= 15 is 0 Å². The van der Waals surface area contributed by atoms with Gasteiger partial charge in [-0.15, -0.1) is 0 Å². The molecule has 85 valence electrons. The normalized spacial score (nSPS) is 28.9. The topological polar surface area (TPSA) is 35.5 Å².